The number of benzene rings is 1. The first kappa shape index (κ1) is 6.30. The van der Waals surface area contributed by atoms with Gasteiger partial charge in [0, 0.05) is 8.95 Å². The van der Waals surface area contributed by atoms with Gasteiger partial charge in [0.15, 0.2) is 0 Å². The van der Waals surface area contributed by atoms with Gasteiger partial charge in [-0.25, -0.2) is 0 Å². The Bertz CT molecular complexity index is 163. The molecule has 0 aliphatic rings. The molecule has 0 N–H and O–H groups in total. The van der Waals surface area contributed by atoms with Crippen molar-refractivity contribution in [3.63, 3.8) is 0 Å². The molecule has 0 spiro atoms. The molecule has 1 aromatic carbocycles. The van der Waals surface area contributed by atoms with Crippen molar-refractivity contribution < 1.29 is 0 Å². The van der Waals surface area contributed by atoms with Crippen molar-refractivity contribution in [2.45, 2.75) is 0 Å². The maximum atomic E-state index is 3.26. The van der Waals surface area contributed by atoms with Crippen LogP contribution < -0.4 is 0 Å². The minimum Gasteiger partial charge on any atom is -0.0525 e. The smallest absolute Gasteiger partial charge is 0.0402 e. The van der Waals surface area contributed by atoms with Crippen molar-refractivity contribution in [2.75, 3.05) is 0 Å². The fraction of sp³-hybridized carbons (Fsp3) is 0. The fourth-order valence-electron chi connectivity index (χ4n) is 0.356. The number of rotatable bonds is 0. The molecule has 0 saturated heterocycles. The van der Waals surface area contributed by atoms with E-state index in [1.807, 2.05) is 0 Å². The summed E-state index contributed by atoms with van der Waals surface area (Å²) in [6.45, 7) is 0. The van der Waals surface area contributed by atoms with Crippen LogP contribution in [0, 0.1) is 12.1 Å². The van der Waals surface area contributed by atoms with Crippen molar-refractivity contribution in [3.05, 3.63) is 33.2 Å². The van der Waals surface area contributed by atoms with E-state index in [1.165, 1.54) is 0 Å². The number of hydrogen-bond donors (Lipinski definition) is 0. The third kappa shape index (κ3) is 1.33. The molecular weight excluding hydrogens is 232 g/mol. The van der Waals surface area contributed by atoms with Gasteiger partial charge in [-0.05, 0) is 44.0 Å². The van der Waals surface area contributed by atoms with Gasteiger partial charge in [0.1, 0.15) is 0 Å². The van der Waals surface area contributed by atoms with Crippen molar-refractivity contribution in [1.82, 2.24) is 0 Å². The molecule has 1 aromatic rings. The Kier molecular flexibility index (Phi) is 2.08. The minimum absolute atomic E-state index is 0.917. The van der Waals surface area contributed by atoms with Gasteiger partial charge in [0.2, 0.25) is 0 Å². The van der Waals surface area contributed by atoms with Crippen LogP contribution in [0.1, 0.15) is 0 Å². The Hall–Kier alpha value is 0.180. The summed E-state index contributed by atoms with van der Waals surface area (Å²) in [7, 11) is 0. The summed E-state index contributed by atoms with van der Waals surface area (Å²) in [6.07, 6.45) is 0. The molecule has 0 aliphatic carbocycles. The van der Waals surface area contributed by atoms with Gasteiger partial charge in [-0.2, -0.15) is 0 Å². The Morgan fingerprint density at radius 1 is 1.00 bits per heavy atom. The molecule has 8 heavy (non-hydrogen) atoms. The lowest BCUT2D eigenvalue weighted by molar-refractivity contribution is 1.56. The van der Waals surface area contributed by atoms with Gasteiger partial charge in [0.25, 0.3) is 0 Å². The van der Waals surface area contributed by atoms with Crippen LogP contribution >= 0.6 is 31.9 Å². The molecule has 0 nitrogen and oxygen atoms in total. The molecule has 2 radical (unpaired) electrons. The quantitative estimate of drug-likeness (QED) is 0.647. The van der Waals surface area contributed by atoms with Crippen molar-refractivity contribution in [1.29, 1.82) is 0 Å². The normalized spacial score (nSPS) is 9.25. The predicted molar refractivity (Wildman–Crippen MR) is 39.5 cm³/mol. The van der Waals surface area contributed by atoms with E-state index in [1.54, 1.807) is 12.1 Å². The zero-order valence-electron chi connectivity index (χ0n) is 3.91. The first-order valence-electron chi connectivity index (χ1n) is 2.04. The van der Waals surface area contributed by atoms with Crippen LogP contribution in [0.3, 0.4) is 0 Å². The highest BCUT2D eigenvalue weighted by Crippen LogP contribution is 2.19. The van der Waals surface area contributed by atoms with E-state index in [-0.39, 0.29) is 0 Å². The molecule has 0 atom stereocenters. The zero-order valence-corrected chi connectivity index (χ0v) is 7.08. The molecule has 0 aromatic heterocycles. The van der Waals surface area contributed by atoms with Crippen molar-refractivity contribution >= 4 is 31.9 Å². The van der Waals surface area contributed by atoms with E-state index in [4.69, 9.17) is 0 Å². The van der Waals surface area contributed by atoms with E-state index in [0.717, 1.165) is 8.95 Å². The summed E-state index contributed by atoms with van der Waals surface area (Å²) < 4.78 is 1.83. The molecule has 0 bridgehead atoms. The van der Waals surface area contributed by atoms with E-state index < -0.39 is 0 Å². The maximum absolute atomic E-state index is 3.26. The second-order valence-electron chi connectivity index (χ2n) is 1.25. The lowest BCUT2D eigenvalue weighted by atomic mass is 10.4. The fourth-order valence-corrected chi connectivity index (χ4v) is 0.850. The third-order valence-corrected chi connectivity index (χ3v) is 2.48. The molecule has 0 heterocycles. The summed E-state index contributed by atoms with van der Waals surface area (Å²) in [4.78, 5) is 0. The average Bonchev–Trinajstić information content (AvgIpc) is 1.77. The Morgan fingerprint density at radius 3 is 1.62 bits per heavy atom. The largest absolute Gasteiger partial charge is 0.0525 e. The average molecular weight is 234 g/mol. The van der Waals surface area contributed by atoms with E-state index in [2.05, 4.69) is 44.0 Å². The Balaban J connectivity index is 3.13. The van der Waals surface area contributed by atoms with Crippen LogP contribution in [0.2, 0.25) is 0 Å². The number of hydrogen-bond acceptors (Lipinski definition) is 0. The lowest BCUT2D eigenvalue weighted by Crippen LogP contribution is -1.65. The van der Waals surface area contributed by atoms with Crippen molar-refractivity contribution in [3.8, 4) is 0 Å². The van der Waals surface area contributed by atoms with Gasteiger partial charge in [-0.15, -0.1) is 0 Å². The molecular formula is C6H2Br2. The number of halogens is 2. The summed E-state index contributed by atoms with van der Waals surface area (Å²) >= 11 is 6.52. The second-order valence-corrected chi connectivity index (χ2v) is 2.84. The third-order valence-electron chi connectivity index (χ3n) is 0.696. The zero-order chi connectivity index (χ0) is 5.98. The second kappa shape index (κ2) is 2.65. The SMILES string of the molecule is Brc1[c]cc[c]c1Br. The summed E-state index contributed by atoms with van der Waals surface area (Å²) in [5.41, 5.74) is 0. The first-order valence-corrected chi connectivity index (χ1v) is 3.62. The van der Waals surface area contributed by atoms with Gasteiger partial charge in [-0.3, -0.25) is 0 Å². The molecule has 40 valence electrons. The van der Waals surface area contributed by atoms with Crippen LogP contribution in [-0.2, 0) is 0 Å². The minimum atomic E-state index is 0.917. The molecule has 0 aliphatic heterocycles. The summed E-state index contributed by atoms with van der Waals surface area (Å²) in [5, 5.41) is 0. The van der Waals surface area contributed by atoms with E-state index in [0.29, 0.717) is 0 Å². The van der Waals surface area contributed by atoms with Crippen LogP contribution in [0.15, 0.2) is 21.1 Å². The van der Waals surface area contributed by atoms with E-state index >= 15 is 0 Å². The lowest BCUT2D eigenvalue weighted by Gasteiger charge is -1.87. The molecule has 0 amide bonds. The molecule has 0 unspecified atom stereocenters. The molecule has 0 saturated carbocycles. The topological polar surface area (TPSA) is 0 Å². The summed E-state index contributed by atoms with van der Waals surface area (Å²) in [5.74, 6) is 0. The summed E-state index contributed by atoms with van der Waals surface area (Å²) in [6, 6.07) is 9.48. The van der Waals surface area contributed by atoms with Gasteiger partial charge in [-0.1, -0.05) is 12.1 Å². The molecule has 2 heteroatoms. The van der Waals surface area contributed by atoms with E-state index in [9.17, 15) is 0 Å². The van der Waals surface area contributed by atoms with Crippen LogP contribution in [0.4, 0.5) is 0 Å². The highest BCUT2D eigenvalue weighted by atomic mass is 79.9. The molecule has 0 fully saturated rings. The van der Waals surface area contributed by atoms with Gasteiger partial charge >= 0.3 is 0 Å². The first-order chi connectivity index (χ1) is 3.80. The van der Waals surface area contributed by atoms with Crippen molar-refractivity contribution in [2.24, 2.45) is 0 Å². The van der Waals surface area contributed by atoms with Crippen LogP contribution in [-0.4, -0.2) is 0 Å². The highest BCUT2D eigenvalue weighted by molar-refractivity contribution is 9.13. The van der Waals surface area contributed by atoms with Gasteiger partial charge < -0.3 is 0 Å². The van der Waals surface area contributed by atoms with Gasteiger partial charge in [0.05, 0.1) is 0 Å². The highest BCUT2D eigenvalue weighted by Gasteiger charge is 1.89. The molecule has 1 rings (SSSR count). The standard InChI is InChI=1S/C6H2Br2/c7-5-3-1-2-4-6(5)8/h1-2H. The van der Waals surface area contributed by atoms with Crippen LogP contribution in [0.5, 0.6) is 0 Å². The Labute approximate surface area is 65.2 Å². The maximum Gasteiger partial charge on any atom is 0.0402 e. The predicted octanol–water partition coefficient (Wildman–Crippen LogP) is 2.81. The monoisotopic (exact) mass is 232 g/mol. The Morgan fingerprint density at radius 2 is 1.38 bits per heavy atom. The van der Waals surface area contributed by atoms with Crippen LogP contribution in [0.25, 0.3) is 0 Å².